The van der Waals surface area contributed by atoms with Crippen LogP contribution < -0.4 is 9.64 Å². The van der Waals surface area contributed by atoms with Crippen LogP contribution in [0.4, 0.5) is 5.69 Å². The molecule has 104 valence electrons. The van der Waals surface area contributed by atoms with Crippen LogP contribution in [0.2, 0.25) is 0 Å². The molecule has 3 heteroatoms. The summed E-state index contributed by atoms with van der Waals surface area (Å²) in [6.07, 6.45) is 1.67. The van der Waals surface area contributed by atoms with E-state index in [4.69, 9.17) is 4.74 Å². The van der Waals surface area contributed by atoms with E-state index in [9.17, 15) is 4.79 Å². The Balaban J connectivity index is 2.07. The van der Waals surface area contributed by atoms with Crippen LogP contribution in [0.5, 0.6) is 5.75 Å². The van der Waals surface area contributed by atoms with Gasteiger partial charge in [-0.2, -0.15) is 0 Å². The zero-order valence-corrected chi connectivity index (χ0v) is 12.1. The van der Waals surface area contributed by atoms with Gasteiger partial charge in [-0.25, -0.2) is 0 Å². The van der Waals surface area contributed by atoms with Crippen molar-refractivity contribution in [1.29, 1.82) is 0 Å². The van der Waals surface area contributed by atoms with Crippen molar-refractivity contribution in [2.45, 2.75) is 39.7 Å². The van der Waals surface area contributed by atoms with Crippen molar-refractivity contribution in [1.82, 2.24) is 0 Å². The minimum atomic E-state index is 0.116. The van der Waals surface area contributed by atoms with E-state index in [2.05, 4.69) is 30.9 Å². The molecule has 0 saturated carbocycles. The van der Waals surface area contributed by atoms with E-state index in [-0.39, 0.29) is 12.0 Å². The molecule has 1 saturated heterocycles. The lowest BCUT2D eigenvalue weighted by Gasteiger charge is -2.38. The zero-order chi connectivity index (χ0) is 13.8. The number of benzene rings is 1. The largest absolute Gasteiger partial charge is 0.494 e. The van der Waals surface area contributed by atoms with Crippen molar-refractivity contribution in [3.05, 3.63) is 24.3 Å². The zero-order valence-electron chi connectivity index (χ0n) is 12.1. The van der Waals surface area contributed by atoms with E-state index < -0.39 is 0 Å². The van der Waals surface area contributed by atoms with Crippen molar-refractivity contribution in [3.63, 3.8) is 0 Å². The molecule has 0 spiro atoms. The third-order valence-electron chi connectivity index (χ3n) is 3.96. The number of carbonyl (C=O) groups is 1. The van der Waals surface area contributed by atoms with Crippen molar-refractivity contribution >= 4 is 11.5 Å². The highest BCUT2D eigenvalue weighted by Gasteiger charge is 2.30. The van der Waals surface area contributed by atoms with Crippen LogP contribution in [0.3, 0.4) is 0 Å². The van der Waals surface area contributed by atoms with Gasteiger partial charge in [-0.15, -0.1) is 0 Å². The highest BCUT2D eigenvalue weighted by molar-refractivity contribution is 5.84. The van der Waals surface area contributed by atoms with Crippen LogP contribution in [0, 0.1) is 5.92 Å². The number of anilines is 1. The summed E-state index contributed by atoms with van der Waals surface area (Å²) in [5.74, 6) is 1.41. The van der Waals surface area contributed by atoms with E-state index in [1.165, 1.54) is 5.69 Å². The Labute approximate surface area is 115 Å². The summed E-state index contributed by atoms with van der Waals surface area (Å²) in [6, 6.07) is 8.47. The molecule has 2 atom stereocenters. The van der Waals surface area contributed by atoms with Gasteiger partial charge >= 0.3 is 0 Å². The number of hydrogen-bond acceptors (Lipinski definition) is 3. The Morgan fingerprint density at radius 3 is 2.58 bits per heavy atom. The summed E-state index contributed by atoms with van der Waals surface area (Å²) in [5, 5.41) is 0. The number of rotatable bonds is 4. The van der Waals surface area contributed by atoms with Crippen molar-refractivity contribution < 1.29 is 9.53 Å². The monoisotopic (exact) mass is 261 g/mol. The number of Topliss-reactive ketones (excluding diaryl/α,β-unsaturated/α-hetero) is 1. The molecule has 0 N–H and O–H groups in total. The van der Waals surface area contributed by atoms with Gasteiger partial charge in [0, 0.05) is 30.6 Å². The van der Waals surface area contributed by atoms with Crippen molar-refractivity contribution in [3.8, 4) is 5.75 Å². The standard InChI is InChI=1S/C16H23NO2/c1-4-11-19-15-7-5-14(6-8-15)17-10-9-16(18)12(2)13(17)3/h5-8,12-13H,4,9-11H2,1-3H3. The van der Waals surface area contributed by atoms with Gasteiger partial charge in [0.05, 0.1) is 6.61 Å². The van der Waals surface area contributed by atoms with Crippen LogP contribution in [0.1, 0.15) is 33.6 Å². The second kappa shape index (κ2) is 6.09. The molecule has 1 fully saturated rings. The fraction of sp³-hybridized carbons (Fsp3) is 0.562. The first-order chi connectivity index (χ1) is 9.13. The average molecular weight is 261 g/mol. The maximum atomic E-state index is 11.7. The van der Waals surface area contributed by atoms with Crippen LogP contribution in [0.15, 0.2) is 24.3 Å². The van der Waals surface area contributed by atoms with Crippen LogP contribution in [0.25, 0.3) is 0 Å². The minimum Gasteiger partial charge on any atom is -0.494 e. The molecule has 0 aliphatic carbocycles. The summed E-state index contributed by atoms with van der Waals surface area (Å²) in [7, 11) is 0. The van der Waals surface area contributed by atoms with Gasteiger partial charge in [0.25, 0.3) is 0 Å². The quantitative estimate of drug-likeness (QED) is 0.833. The first-order valence-electron chi connectivity index (χ1n) is 7.15. The molecule has 1 aromatic rings. The third-order valence-corrected chi connectivity index (χ3v) is 3.96. The summed E-state index contributed by atoms with van der Waals surface area (Å²) in [4.78, 5) is 14.0. The summed E-state index contributed by atoms with van der Waals surface area (Å²) in [6.45, 7) is 7.83. The van der Waals surface area contributed by atoms with Gasteiger partial charge in [0.1, 0.15) is 11.5 Å². The van der Waals surface area contributed by atoms with Gasteiger partial charge in [-0.3, -0.25) is 4.79 Å². The van der Waals surface area contributed by atoms with Crippen LogP contribution in [-0.2, 0) is 4.79 Å². The summed E-state index contributed by atoms with van der Waals surface area (Å²) < 4.78 is 5.59. The van der Waals surface area contributed by atoms with E-state index in [1.807, 2.05) is 19.1 Å². The Morgan fingerprint density at radius 2 is 1.95 bits per heavy atom. The molecule has 1 aliphatic rings. The molecule has 2 unspecified atom stereocenters. The number of ether oxygens (including phenoxy) is 1. The number of ketones is 1. The summed E-state index contributed by atoms with van der Waals surface area (Å²) >= 11 is 0. The number of hydrogen-bond donors (Lipinski definition) is 0. The lowest BCUT2D eigenvalue weighted by Crippen LogP contribution is -2.46. The summed E-state index contributed by atoms with van der Waals surface area (Å²) in [5.41, 5.74) is 1.18. The predicted octanol–water partition coefficient (Wildman–Crippen LogP) is 3.28. The molecule has 0 amide bonds. The molecule has 1 heterocycles. The Morgan fingerprint density at radius 1 is 1.26 bits per heavy atom. The van der Waals surface area contributed by atoms with Gasteiger partial charge in [0.15, 0.2) is 0 Å². The van der Waals surface area contributed by atoms with Gasteiger partial charge in [-0.1, -0.05) is 13.8 Å². The molecule has 1 aromatic carbocycles. The predicted molar refractivity (Wildman–Crippen MR) is 77.8 cm³/mol. The number of carbonyl (C=O) groups excluding carboxylic acids is 1. The lowest BCUT2D eigenvalue weighted by atomic mass is 9.90. The Bertz CT molecular complexity index is 427. The van der Waals surface area contributed by atoms with Gasteiger partial charge in [0.2, 0.25) is 0 Å². The molecule has 2 rings (SSSR count). The van der Waals surface area contributed by atoms with Crippen molar-refractivity contribution in [2.75, 3.05) is 18.1 Å². The molecular weight excluding hydrogens is 238 g/mol. The molecular formula is C16H23NO2. The maximum Gasteiger partial charge on any atom is 0.139 e. The minimum absolute atomic E-state index is 0.116. The topological polar surface area (TPSA) is 29.5 Å². The fourth-order valence-corrected chi connectivity index (χ4v) is 2.52. The SMILES string of the molecule is CCCOc1ccc(N2CCC(=O)C(C)C2C)cc1. The lowest BCUT2D eigenvalue weighted by molar-refractivity contribution is -0.123. The number of piperidine rings is 1. The average Bonchev–Trinajstić information content (AvgIpc) is 2.44. The van der Waals surface area contributed by atoms with E-state index in [0.717, 1.165) is 25.3 Å². The van der Waals surface area contributed by atoms with Crippen molar-refractivity contribution in [2.24, 2.45) is 5.92 Å². The second-order valence-electron chi connectivity index (χ2n) is 5.28. The Hall–Kier alpha value is -1.51. The van der Waals surface area contributed by atoms with E-state index >= 15 is 0 Å². The Kier molecular flexibility index (Phi) is 4.46. The van der Waals surface area contributed by atoms with Gasteiger partial charge < -0.3 is 9.64 Å². The molecule has 0 radical (unpaired) electrons. The highest BCUT2D eigenvalue weighted by atomic mass is 16.5. The smallest absolute Gasteiger partial charge is 0.139 e. The van der Waals surface area contributed by atoms with E-state index in [0.29, 0.717) is 12.2 Å². The highest BCUT2D eigenvalue weighted by Crippen LogP contribution is 2.28. The fourth-order valence-electron chi connectivity index (χ4n) is 2.52. The molecule has 19 heavy (non-hydrogen) atoms. The molecule has 0 bridgehead atoms. The third kappa shape index (κ3) is 3.09. The normalized spacial score (nSPS) is 23.5. The molecule has 0 aromatic heterocycles. The molecule has 3 nitrogen and oxygen atoms in total. The van der Waals surface area contributed by atoms with Crippen LogP contribution in [-0.4, -0.2) is 25.0 Å². The van der Waals surface area contributed by atoms with Crippen LogP contribution >= 0.6 is 0 Å². The first-order valence-corrected chi connectivity index (χ1v) is 7.15. The number of nitrogens with zero attached hydrogens (tertiary/aromatic N) is 1. The van der Waals surface area contributed by atoms with Gasteiger partial charge in [-0.05, 0) is 37.6 Å². The second-order valence-corrected chi connectivity index (χ2v) is 5.28. The first kappa shape index (κ1) is 13.9. The van der Waals surface area contributed by atoms with E-state index in [1.54, 1.807) is 0 Å². The molecule has 1 aliphatic heterocycles. The maximum absolute atomic E-state index is 11.7.